The first-order chi connectivity index (χ1) is 8.56. The van der Waals surface area contributed by atoms with Gasteiger partial charge in [-0.05, 0) is 24.3 Å². The maximum absolute atomic E-state index is 13.0. The average Bonchev–Trinajstić information content (AvgIpc) is 2.34. The summed E-state index contributed by atoms with van der Waals surface area (Å²) in [5.74, 6) is -0.577. The molecule has 0 saturated carbocycles. The maximum atomic E-state index is 13.0. The van der Waals surface area contributed by atoms with Crippen LogP contribution in [0.1, 0.15) is 0 Å². The molecule has 0 saturated heterocycles. The number of ether oxygens (including phenoxy) is 1. The van der Waals surface area contributed by atoms with Crippen LogP contribution in [0.15, 0.2) is 40.1 Å². The number of benzene rings is 1. The Morgan fingerprint density at radius 3 is 2.61 bits per heavy atom. The first-order valence-electron chi connectivity index (χ1n) is 4.94. The van der Waals surface area contributed by atoms with E-state index in [1.54, 1.807) is 24.3 Å². The minimum absolute atomic E-state index is 0.214. The molecule has 1 aromatic heterocycles. The van der Waals surface area contributed by atoms with Crippen molar-refractivity contribution in [2.24, 2.45) is 0 Å². The number of aromatic amines is 1. The monoisotopic (exact) mass is 270 g/mol. The zero-order valence-electron chi connectivity index (χ0n) is 9.02. The number of aromatic nitrogens is 2. The average molecular weight is 271 g/mol. The van der Waals surface area contributed by atoms with E-state index >= 15 is 0 Å². The van der Waals surface area contributed by atoms with Gasteiger partial charge in [-0.15, -0.1) is 0 Å². The van der Waals surface area contributed by atoms with Crippen LogP contribution in [-0.2, 0) is 6.73 Å². The summed E-state index contributed by atoms with van der Waals surface area (Å²) in [6.45, 7) is -0.214. The van der Waals surface area contributed by atoms with Crippen LogP contribution in [0.3, 0.4) is 0 Å². The molecule has 1 N–H and O–H groups in total. The number of hydrogen-bond donors (Lipinski definition) is 1. The molecule has 0 radical (unpaired) electrons. The van der Waals surface area contributed by atoms with Gasteiger partial charge in [0.1, 0.15) is 5.75 Å². The molecule has 0 unspecified atom stereocenters. The Morgan fingerprint density at radius 1 is 1.28 bits per heavy atom. The minimum atomic E-state index is -1.05. The van der Waals surface area contributed by atoms with Gasteiger partial charge in [-0.1, -0.05) is 11.6 Å². The van der Waals surface area contributed by atoms with Crippen molar-refractivity contribution in [1.29, 1.82) is 0 Å². The Balaban J connectivity index is 2.15. The molecule has 1 heterocycles. The fraction of sp³-hybridized carbons (Fsp3) is 0.0909. The lowest BCUT2D eigenvalue weighted by Gasteiger charge is -2.07. The molecule has 0 fully saturated rings. The van der Waals surface area contributed by atoms with Crippen LogP contribution in [0.25, 0.3) is 0 Å². The summed E-state index contributed by atoms with van der Waals surface area (Å²) in [6.07, 6.45) is 0.789. The Bertz CT molecular complexity index is 663. The summed E-state index contributed by atoms with van der Waals surface area (Å²) in [5, 5.41) is 0.551. The normalized spacial score (nSPS) is 10.3. The van der Waals surface area contributed by atoms with Crippen LogP contribution in [0.4, 0.5) is 4.39 Å². The third-order valence-electron chi connectivity index (χ3n) is 2.15. The lowest BCUT2D eigenvalue weighted by Crippen LogP contribution is -2.32. The topological polar surface area (TPSA) is 64.1 Å². The lowest BCUT2D eigenvalue weighted by atomic mass is 10.3. The zero-order chi connectivity index (χ0) is 13.1. The molecule has 0 aliphatic rings. The second-order valence-electron chi connectivity index (χ2n) is 3.43. The Hall–Kier alpha value is -2.08. The number of nitrogens with zero attached hydrogens (tertiary/aromatic N) is 1. The van der Waals surface area contributed by atoms with Crippen LogP contribution < -0.4 is 16.0 Å². The fourth-order valence-electron chi connectivity index (χ4n) is 1.25. The third-order valence-corrected chi connectivity index (χ3v) is 2.40. The number of H-pyrrole nitrogens is 1. The molecule has 0 spiro atoms. The van der Waals surface area contributed by atoms with Gasteiger partial charge in [0.15, 0.2) is 6.73 Å². The molecule has 94 valence electrons. The van der Waals surface area contributed by atoms with Gasteiger partial charge >= 0.3 is 5.69 Å². The molecular weight excluding hydrogens is 263 g/mol. The molecule has 0 atom stereocenters. The largest absolute Gasteiger partial charge is 0.473 e. The zero-order valence-corrected chi connectivity index (χ0v) is 9.78. The smallest absolute Gasteiger partial charge is 0.331 e. The van der Waals surface area contributed by atoms with Crippen LogP contribution in [0, 0.1) is 5.82 Å². The summed E-state index contributed by atoms with van der Waals surface area (Å²) >= 11 is 5.69. The number of hydrogen-bond acceptors (Lipinski definition) is 3. The first-order valence-corrected chi connectivity index (χ1v) is 5.32. The van der Waals surface area contributed by atoms with E-state index in [4.69, 9.17) is 16.3 Å². The molecule has 0 amide bonds. The van der Waals surface area contributed by atoms with Crippen molar-refractivity contribution in [2.75, 3.05) is 0 Å². The van der Waals surface area contributed by atoms with E-state index in [0.717, 1.165) is 10.8 Å². The molecule has 2 rings (SSSR count). The van der Waals surface area contributed by atoms with Gasteiger partial charge in [0.25, 0.3) is 5.56 Å². The first kappa shape index (κ1) is 12.4. The van der Waals surface area contributed by atoms with Crippen LogP contribution >= 0.6 is 11.6 Å². The van der Waals surface area contributed by atoms with Crippen LogP contribution in [0.5, 0.6) is 5.75 Å². The van der Waals surface area contributed by atoms with Crippen molar-refractivity contribution >= 4 is 11.6 Å². The molecule has 2 aromatic rings. The van der Waals surface area contributed by atoms with Crippen LogP contribution in [-0.4, -0.2) is 9.55 Å². The molecule has 5 nitrogen and oxygen atoms in total. The van der Waals surface area contributed by atoms with Crippen molar-refractivity contribution in [1.82, 2.24) is 9.55 Å². The molecule has 18 heavy (non-hydrogen) atoms. The summed E-state index contributed by atoms with van der Waals surface area (Å²) in [5.41, 5.74) is -1.79. The number of rotatable bonds is 3. The molecule has 0 aliphatic heterocycles. The van der Waals surface area contributed by atoms with Gasteiger partial charge in [-0.2, -0.15) is 4.39 Å². The van der Waals surface area contributed by atoms with Crippen LogP contribution in [0.2, 0.25) is 5.02 Å². The lowest BCUT2D eigenvalue weighted by molar-refractivity contribution is 0.227. The van der Waals surface area contributed by atoms with E-state index in [-0.39, 0.29) is 6.73 Å². The highest BCUT2D eigenvalue weighted by atomic mass is 35.5. The quantitative estimate of drug-likeness (QED) is 0.916. The summed E-state index contributed by atoms with van der Waals surface area (Å²) in [7, 11) is 0. The molecule has 0 bridgehead atoms. The highest BCUT2D eigenvalue weighted by molar-refractivity contribution is 6.30. The second kappa shape index (κ2) is 5.05. The SMILES string of the molecule is O=c1[nH]c(=O)n(COc2ccc(Cl)cc2)cc1F. The highest BCUT2D eigenvalue weighted by Gasteiger charge is 2.03. The minimum Gasteiger partial charge on any atom is -0.473 e. The van der Waals surface area contributed by atoms with Crippen molar-refractivity contribution < 1.29 is 9.13 Å². The summed E-state index contributed by atoms with van der Waals surface area (Å²) in [6, 6.07) is 6.45. The predicted octanol–water partition coefficient (Wildman–Crippen LogP) is 1.37. The Labute approximate surface area is 105 Å². The van der Waals surface area contributed by atoms with E-state index in [9.17, 15) is 14.0 Å². The van der Waals surface area contributed by atoms with Gasteiger partial charge in [-0.25, -0.2) is 4.79 Å². The van der Waals surface area contributed by atoms with Crippen molar-refractivity contribution in [3.8, 4) is 5.75 Å². The van der Waals surface area contributed by atoms with Crippen molar-refractivity contribution in [3.05, 3.63) is 62.1 Å². The number of halogens is 2. The van der Waals surface area contributed by atoms with E-state index in [1.807, 2.05) is 4.98 Å². The summed E-state index contributed by atoms with van der Waals surface area (Å²) < 4.78 is 19.1. The van der Waals surface area contributed by atoms with Gasteiger partial charge in [-0.3, -0.25) is 14.3 Å². The van der Waals surface area contributed by atoms with Gasteiger partial charge < -0.3 is 4.74 Å². The Morgan fingerprint density at radius 2 is 1.94 bits per heavy atom. The number of nitrogens with one attached hydrogen (secondary N) is 1. The molecule has 1 aromatic carbocycles. The second-order valence-corrected chi connectivity index (χ2v) is 3.87. The Kier molecular flexibility index (Phi) is 3.47. The van der Waals surface area contributed by atoms with E-state index in [2.05, 4.69) is 0 Å². The van der Waals surface area contributed by atoms with Crippen molar-refractivity contribution in [3.63, 3.8) is 0 Å². The third kappa shape index (κ3) is 2.78. The van der Waals surface area contributed by atoms with E-state index in [0.29, 0.717) is 10.8 Å². The summed E-state index contributed by atoms with van der Waals surface area (Å²) in [4.78, 5) is 23.9. The predicted molar refractivity (Wildman–Crippen MR) is 63.4 cm³/mol. The standard InChI is InChI=1S/C11H8ClFN2O3/c12-7-1-3-8(4-2-7)18-6-15-5-9(13)10(16)14-11(15)17/h1-5H,6H2,(H,14,16,17). The van der Waals surface area contributed by atoms with Gasteiger partial charge in [0, 0.05) is 5.02 Å². The van der Waals surface area contributed by atoms with E-state index in [1.165, 1.54) is 0 Å². The van der Waals surface area contributed by atoms with Gasteiger partial charge in [0.05, 0.1) is 6.20 Å². The fourth-order valence-corrected chi connectivity index (χ4v) is 1.38. The van der Waals surface area contributed by atoms with E-state index < -0.39 is 17.1 Å². The maximum Gasteiger partial charge on any atom is 0.331 e. The van der Waals surface area contributed by atoms with Gasteiger partial charge in [0.2, 0.25) is 5.82 Å². The molecular formula is C11H8ClFN2O3. The van der Waals surface area contributed by atoms with Crippen molar-refractivity contribution in [2.45, 2.75) is 6.73 Å². The highest BCUT2D eigenvalue weighted by Crippen LogP contribution is 2.15. The molecule has 7 heteroatoms. The molecule has 0 aliphatic carbocycles.